The Morgan fingerprint density at radius 3 is 0.831 bits per heavy atom. The monoisotopic (exact) mass is 1360 g/mol. The Morgan fingerprint density at radius 1 is 0.326 bits per heavy atom. The van der Waals surface area contributed by atoms with Gasteiger partial charge in [0.2, 0.25) is 0 Å². The van der Waals surface area contributed by atoms with Crippen LogP contribution in [0.25, 0.3) is 133 Å². The Balaban J connectivity index is 0.00000769. The summed E-state index contributed by atoms with van der Waals surface area (Å²) in [5.41, 5.74) is 2.51. The van der Waals surface area contributed by atoms with Gasteiger partial charge in [0.05, 0.1) is 45.0 Å². The van der Waals surface area contributed by atoms with Crippen molar-refractivity contribution in [2.45, 2.75) is 0 Å². The Bertz CT molecular complexity index is 5000. The maximum Gasteiger partial charge on any atom is 2.00 e. The second kappa shape index (κ2) is 23.0. The van der Waals surface area contributed by atoms with Gasteiger partial charge in [-0.1, -0.05) is 97.1 Å². The van der Waals surface area contributed by atoms with Gasteiger partial charge >= 0.3 is 44.9 Å². The average Bonchev–Trinajstić information content (AvgIpc) is 1.60. The minimum Gasteiger partial charge on any atom is -0.656 e. The van der Waals surface area contributed by atoms with E-state index >= 15 is 0 Å². The van der Waals surface area contributed by atoms with Crippen molar-refractivity contribution in [3.8, 4) is 113 Å². The molecule has 4 heterocycles. The number of benzene rings is 8. The minimum absolute atomic E-state index is 0. The van der Waals surface area contributed by atoms with E-state index in [1.165, 1.54) is 54.6 Å². The van der Waals surface area contributed by atoms with E-state index < -0.39 is 35.0 Å². The maximum absolute atomic E-state index is 13.1. The number of rotatable bonds is 16. The van der Waals surface area contributed by atoms with Crippen molar-refractivity contribution in [1.82, 2.24) is 19.9 Å². The Kier molecular flexibility index (Phi) is 14.8. The normalized spacial score (nSPS) is 11.1. The van der Waals surface area contributed by atoms with Crippen molar-refractivity contribution >= 4 is 93.4 Å². The summed E-state index contributed by atoms with van der Waals surface area (Å²) in [4.78, 5) is 123. The minimum atomic E-state index is -1.47. The molecule has 1 aliphatic carbocycles. The maximum atomic E-state index is 13.1. The molecule has 0 unspecified atom stereocenters. The first kappa shape index (κ1) is 57.3. The third kappa shape index (κ3) is 9.95. The fraction of sp³-hybridized carbons (Fsp3) is 0. The topological polar surface area (TPSA) is 308 Å². The fourth-order valence-corrected chi connectivity index (χ4v) is 11.5. The van der Waals surface area contributed by atoms with Gasteiger partial charge in [0.1, 0.15) is 23.0 Å². The zero-order chi connectivity index (χ0) is 61.1. The van der Waals surface area contributed by atoms with Gasteiger partial charge in [0.25, 0.3) is 25.9 Å². The van der Waals surface area contributed by atoms with Crippen LogP contribution in [0.2, 0.25) is 0 Å². The van der Waals surface area contributed by atoms with E-state index in [0.717, 1.165) is 18.2 Å². The van der Waals surface area contributed by atoms with Gasteiger partial charge in [-0.05, 0) is 133 Å². The van der Waals surface area contributed by atoms with Gasteiger partial charge in [-0.25, -0.2) is 29.1 Å². The van der Waals surface area contributed by atoms with Crippen LogP contribution >= 0.6 is 0 Å². The number of hydrogen-bond acceptors (Lipinski definition) is 14. The molecule has 10 aromatic rings. The first-order valence-electron chi connectivity index (χ1n) is 26.4. The molecule has 0 amide bonds. The molecule has 0 saturated heterocycles. The van der Waals surface area contributed by atoms with Gasteiger partial charge in [-0.2, -0.15) is 0 Å². The van der Waals surface area contributed by atoms with Crippen LogP contribution in [0.5, 0.6) is 23.0 Å². The molecule has 13 rings (SSSR count). The summed E-state index contributed by atoms with van der Waals surface area (Å²) >= 11 is 0. The zero-order valence-electron chi connectivity index (χ0n) is 45.3. The molecule has 0 fully saturated rings. The van der Waals surface area contributed by atoms with E-state index in [1.54, 1.807) is 97.1 Å². The number of hydrogen-bond donors (Lipinski definition) is 4. The Labute approximate surface area is 514 Å². The molecule has 2 aliphatic heterocycles. The molecule has 2 aromatic heterocycles. The standard InChI is InChI=1S/C68H38N4O16.Pt/c73-29-85-41-22-34(19-39(26-41)67(81)82)54-59-47-11-3-1-9-45(47)57(69-59)53(33-17-37(65(77)78)21-38(18-33)66(79)80)58-46-10-2-4-12-48(46)60(70-58)55(35-20-40(68(83)84)27-42(23-35)86-30-74)62-50-14-6-8-16-52(50)64(72-62)56(63-51-15-7-5-13-49(51)61(54)71-63)36-24-43(87-31-75)28-44(25-36)88-32-76;/h1-32H,(H6,69,70,71,72,77,78,79,80,81,82,83,84);/q;+2/p-2. The van der Waals surface area contributed by atoms with Gasteiger partial charge < -0.3 is 49.3 Å². The van der Waals surface area contributed by atoms with E-state index in [-0.39, 0.29) is 170 Å². The molecule has 20 nitrogen and oxygen atoms in total. The number of carboxylic acids is 4. The Hall–Kier alpha value is -12.2. The second-order valence-corrected chi connectivity index (χ2v) is 20.0. The van der Waals surface area contributed by atoms with Crippen molar-refractivity contribution in [3.63, 3.8) is 0 Å². The predicted molar refractivity (Wildman–Crippen MR) is 319 cm³/mol. The van der Waals surface area contributed by atoms with Crippen LogP contribution in [0.3, 0.4) is 0 Å². The van der Waals surface area contributed by atoms with Crippen LogP contribution < -0.4 is 28.9 Å². The number of aromatic carboxylic acids is 4. The summed E-state index contributed by atoms with van der Waals surface area (Å²) in [5.74, 6) is -6.23. The second-order valence-electron chi connectivity index (χ2n) is 20.0. The number of carboxylic acid groups (broad SMARTS) is 4. The van der Waals surface area contributed by atoms with Gasteiger partial charge in [0.15, 0.2) is 0 Å². The molecule has 8 aromatic carbocycles. The van der Waals surface area contributed by atoms with Crippen LogP contribution in [0.4, 0.5) is 0 Å². The fourth-order valence-electron chi connectivity index (χ4n) is 11.5. The molecule has 89 heavy (non-hydrogen) atoms. The van der Waals surface area contributed by atoms with Crippen LogP contribution in [-0.2, 0) is 40.2 Å². The van der Waals surface area contributed by atoms with Crippen LogP contribution in [0.1, 0.15) is 41.4 Å². The van der Waals surface area contributed by atoms with Crippen LogP contribution in [0.15, 0.2) is 170 Å². The molecule has 0 spiro atoms. The molecule has 21 heteroatoms. The third-order valence-corrected chi connectivity index (χ3v) is 15.0. The van der Waals surface area contributed by atoms with Gasteiger partial charge in [-0.3, -0.25) is 19.2 Å². The van der Waals surface area contributed by atoms with Crippen molar-refractivity contribution in [2.24, 2.45) is 0 Å². The number of carbonyl (C=O) groups excluding carboxylic acids is 4. The summed E-state index contributed by atoms with van der Waals surface area (Å²) < 4.78 is 21.7. The van der Waals surface area contributed by atoms with Crippen LogP contribution in [0, 0.1) is 0 Å². The summed E-state index contributed by atoms with van der Waals surface area (Å²) in [6.07, 6.45) is 0. The SMILES string of the molecule is O=COc1cc(OC=O)cc(-c2c3nc(c(-c4cc(OC=O)cc(C(=O)O)c4)c4[n-]c(c(-c5cc(C(=O)O)cc(C(=O)O)c5)c5nc(c(-c6cc(OC=O)cc(C(=O)O)c6)c6[n-]c2c2ccccc62)-c2ccccc2-5)c2ccccc42)-c2ccccc2-3)c1.[Pt+2]. The van der Waals surface area contributed by atoms with E-state index in [9.17, 15) is 58.8 Å². The molecule has 434 valence electrons. The van der Waals surface area contributed by atoms with Crippen LogP contribution in [-0.4, -0.2) is 80.2 Å². The predicted octanol–water partition coefficient (Wildman–Crippen LogP) is 12.1. The first-order chi connectivity index (χ1) is 42.7. The molecule has 0 saturated carbocycles. The largest absolute Gasteiger partial charge is 2.00 e. The number of carbonyl (C=O) groups is 8. The Morgan fingerprint density at radius 2 is 0.562 bits per heavy atom. The van der Waals surface area contributed by atoms with E-state index in [4.69, 9.17) is 38.9 Å². The van der Waals surface area contributed by atoms with Crippen molar-refractivity contribution in [3.05, 3.63) is 192 Å². The molecule has 0 atom stereocenters. The van der Waals surface area contributed by atoms with Crippen molar-refractivity contribution in [1.29, 1.82) is 0 Å². The molecule has 4 N–H and O–H groups in total. The summed E-state index contributed by atoms with van der Waals surface area (Å²) in [6, 6.07) is 43.8. The molecule has 0 radical (unpaired) electrons. The number of ether oxygens (including phenoxy) is 4. The number of nitrogens with zero attached hydrogens (tertiary/aromatic N) is 4. The van der Waals surface area contributed by atoms with Gasteiger partial charge in [-0.15, -0.1) is 22.1 Å². The van der Waals surface area contributed by atoms with Crippen molar-refractivity contribution in [2.75, 3.05) is 0 Å². The average molecular weight is 1360 g/mol. The van der Waals surface area contributed by atoms with E-state index in [2.05, 4.69) is 0 Å². The molecular formula is C68H36N4O16Pt. The zero-order valence-corrected chi connectivity index (χ0v) is 47.5. The molecular weight excluding hydrogens is 1320 g/mol. The van der Waals surface area contributed by atoms with Crippen molar-refractivity contribution < 1.29 is 98.8 Å². The molecule has 8 bridgehead atoms. The van der Waals surface area contributed by atoms with E-state index in [0.29, 0.717) is 43.8 Å². The third-order valence-electron chi connectivity index (χ3n) is 15.0. The van der Waals surface area contributed by atoms with E-state index in [1.807, 2.05) is 0 Å². The quantitative estimate of drug-likeness (QED) is 0.0653. The molecule has 3 aliphatic rings. The van der Waals surface area contributed by atoms with Gasteiger partial charge in [0, 0.05) is 28.3 Å². The first-order valence-corrected chi connectivity index (χ1v) is 26.4. The number of aromatic nitrogens is 4. The summed E-state index contributed by atoms with van der Waals surface area (Å²) in [6.45, 7) is 0.658. The summed E-state index contributed by atoms with van der Waals surface area (Å²) in [7, 11) is 0. The smallest absolute Gasteiger partial charge is 0.656 e. The summed E-state index contributed by atoms with van der Waals surface area (Å²) in [5, 5.41) is 44.4.